The lowest BCUT2D eigenvalue weighted by Gasteiger charge is -2.56. The molecule has 1 unspecified atom stereocenters. The zero-order chi connectivity index (χ0) is 22.2. The second-order valence-electron chi connectivity index (χ2n) is 8.09. The molecule has 3 aliphatic heterocycles. The maximum absolute atomic E-state index is 13.0. The molecule has 1 N–H and O–H groups in total. The van der Waals surface area contributed by atoms with Gasteiger partial charge in [0.1, 0.15) is 18.0 Å². The van der Waals surface area contributed by atoms with Gasteiger partial charge >= 0.3 is 11.9 Å². The first kappa shape index (κ1) is 21.4. The molecule has 8 nitrogen and oxygen atoms in total. The summed E-state index contributed by atoms with van der Waals surface area (Å²) in [6, 6.07) is 8.45. The fourth-order valence-corrected chi connectivity index (χ4v) is 5.65. The third kappa shape index (κ3) is 3.82. The Hall–Kier alpha value is -2.81. The maximum atomic E-state index is 13.0. The van der Waals surface area contributed by atoms with Crippen LogP contribution < -0.4 is 5.32 Å². The summed E-state index contributed by atoms with van der Waals surface area (Å²) in [6.07, 6.45) is 1.93. The van der Waals surface area contributed by atoms with Crippen molar-refractivity contribution in [1.82, 2.24) is 10.2 Å². The number of carbonyl (C=O) groups excluding carboxylic acids is 4. The fraction of sp³-hybridized carbons (Fsp3) is 0.455. The first-order chi connectivity index (χ1) is 14.8. The Balaban J connectivity index is 1.49. The van der Waals surface area contributed by atoms with Crippen LogP contribution in [0.1, 0.15) is 25.8 Å². The minimum Gasteiger partial charge on any atom is -0.457 e. The number of β-lactam (4-membered cyclic amide) rings is 1. The van der Waals surface area contributed by atoms with Crippen molar-refractivity contribution in [2.75, 3.05) is 12.4 Å². The summed E-state index contributed by atoms with van der Waals surface area (Å²) >= 11 is 1.43. The average molecular weight is 445 g/mol. The number of rotatable bonds is 6. The molecule has 0 aromatic heterocycles. The van der Waals surface area contributed by atoms with E-state index in [0.717, 1.165) is 11.1 Å². The molecule has 4 atom stereocenters. The number of carbonyl (C=O) groups is 4. The van der Waals surface area contributed by atoms with Crippen molar-refractivity contribution in [2.24, 2.45) is 5.92 Å². The summed E-state index contributed by atoms with van der Waals surface area (Å²) in [6.45, 7) is 3.78. The van der Waals surface area contributed by atoms with Crippen LogP contribution in [0.2, 0.25) is 0 Å². The SMILES string of the molecule is CC(C)=CCOC(=O)[C@]12OC(=O)C[C@H]1CS[C@@H]1C(NC(=O)Cc3ccccc3)C(=O)N12. The highest BCUT2D eigenvalue weighted by molar-refractivity contribution is 8.00. The molecule has 1 aromatic rings. The largest absolute Gasteiger partial charge is 0.457 e. The Morgan fingerprint density at radius 3 is 2.74 bits per heavy atom. The number of nitrogens with zero attached hydrogens (tertiary/aromatic N) is 1. The van der Waals surface area contributed by atoms with Crippen LogP contribution in [0.5, 0.6) is 0 Å². The molecule has 0 aliphatic carbocycles. The van der Waals surface area contributed by atoms with Gasteiger partial charge in [-0.2, -0.15) is 0 Å². The summed E-state index contributed by atoms with van der Waals surface area (Å²) in [5, 5.41) is 2.27. The van der Waals surface area contributed by atoms with Gasteiger partial charge in [-0.15, -0.1) is 11.8 Å². The standard InChI is InChI=1S/C22H24N2O6S/c1-13(2)8-9-29-21(28)22-15(11-17(26)30-22)12-31-20-18(19(27)24(20)22)23-16(25)10-14-6-4-3-5-7-14/h3-8,15,18,20H,9-12H2,1-2H3,(H,23,25)/t15-,18?,20+,22+/m0/s1. The highest BCUT2D eigenvalue weighted by atomic mass is 32.2. The second-order valence-corrected chi connectivity index (χ2v) is 9.24. The molecule has 0 saturated carbocycles. The molecule has 0 spiro atoms. The van der Waals surface area contributed by atoms with Gasteiger partial charge < -0.3 is 14.8 Å². The topological polar surface area (TPSA) is 102 Å². The smallest absolute Gasteiger partial charge is 0.373 e. The Labute approximate surface area is 184 Å². The summed E-state index contributed by atoms with van der Waals surface area (Å²) < 4.78 is 10.8. The number of hydrogen-bond acceptors (Lipinski definition) is 7. The van der Waals surface area contributed by atoms with E-state index in [0.29, 0.717) is 5.75 Å². The Bertz CT molecular complexity index is 945. The predicted molar refractivity (Wildman–Crippen MR) is 112 cm³/mol. The van der Waals surface area contributed by atoms with E-state index in [4.69, 9.17) is 9.47 Å². The van der Waals surface area contributed by atoms with Crippen molar-refractivity contribution in [3.63, 3.8) is 0 Å². The molecule has 1 aromatic carbocycles. The fourth-order valence-electron chi connectivity index (χ4n) is 4.09. The Morgan fingerprint density at radius 2 is 2.03 bits per heavy atom. The molecular weight excluding hydrogens is 420 g/mol. The van der Waals surface area contributed by atoms with E-state index in [2.05, 4.69) is 5.32 Å². The molecule has 4 rings (SSSR count). The highest BCUT2D eigenvalue weighted by Gasteiger charge is 2.71. The lowest BCUT2D eigenvalue weighted by Crippen LogP contribution is -2.80. The van der Waals surface area contributed by atoms with E-state index in [9.17, 15) is 19.2 Å². The predicted octanol–water partition coefficient (Wildman–Crippen LogP) is 1.40. The normalized spacial score (nSPS) is 28.6. The zero-order valence-electron chi connectivity index (χ0n) is 17.3. The van der Waals surface area contributed by atoms with Gasteiger partial charge in [0.25, 0.3) is 11.6 Å². The third-order valence-electron chi connectivity index (χ3n) is 5.63. The van der Waals surface area contributed by atoms with Crippen molar-refractivity contribution in [1.29, 1.82) is 0 Å². The van der Waals surface area contributed by atoms with Crippen LogP contribution in [0, 0.1) is 5.92 Å². The van der Waals surface area contributed by atoms with E-state index in [1.807, 2.05) is 44.2 Å². The summed E-state index contributed by atoms with van der Waals surface area (Å²) in [7, 11) is 0. The van der Waals surface area contributed by atoms with E-state index in [1.165, 1.54) is 16.7 Å². The summed E-state index contributed by atoms with van der Waals surface area (Å²) in [4.78, 5) is 51.9. The Kier molecular flexibility index (Phi) is 5.79. The summed E-state index contributed by atoms with van der Waals surface area (Å²) in [5.41, 5.74) is 0.0628. The van der Waals surface area contributed by atoms with Crippen LogP contribution in [0.3, 0.4) is 0 Å². The molecule has 2 amide bonds. The first-order valence-electron chi connectivity index (χ1n) is 10.1. The quantitative estimate of drug-likeness (QED) is 0.402. The number of ether oxygens (including phenoxy) is 2. The van der Waals surface area contributed by atoms with Crippen LogP contribution in [-0.2, 0) is 35.1 Å². The van der Waals surface area contributed by atoms with E-state index < -0.39 is 40.9 Å². The number of fused-ring (bicyclic) bond motifs is 3. The van der Waals surface area contributed by atoms with Crippen LogP contribution in [0.25, 0.3) is 0 Å². The monoisotopic (exact) mass is 444 g/mol. The molecular formula is C22H24N2O6S. The summed E-state index contributed by atoms with van der Waals surface area (Å²) in [5.74, 6) is -2.04. The van der Waals surface area contributed by atoms with Crippen molar-refractivity contribution in [3.05, 3.63) is 47.5 Å². The number of nitrogens with one attached hydrogen (secondary N) is 1. The molecule has 3 fully saturated rings. The molecule has 3 heterocycles. The first-order valence-corrected chi connectivity index (χ1v) is 11.2. The van der Waals surface area contributed by atoms with Gasteiger partial charge in [-0.25, -0.2) is 4.79 Å². The maximum Gasteiger partial charge on any atom is 0.373 e. The molecule has 164 valence electrons. The van der Waals surface area contributed by atoms with Gasteiger partial charge in [0.15, 0.2) is 0 Å². The average Bonchev–Trinajstić information content (AvgIpc) is 3.07. The molecule has 31 heavy (non-hydrogen) atoms. The van der Waals surface area contributed by atoms with Gasteiger partial charge in [0, 0.05) is 11.7 Å². The van der Waals surface area contributed by atoms with Gasteiger partial charge in [-0.3, -0.25) is 19.3 Å². The van der Waals surface area contributed by atoms with Crippen molar-refractivity contribution in [3.8, 4) is 0 Å². The molecule has 3 saturated heterocycles. The lowest BCUT2D eigenvalue weighted by molar-refractivity contribution is -0.218. The molecule has 0 radical (unpaired) electrons. The van der Waals surface area contributed by atoms with Crippen molar-refractivity contribution >= 4 is 35.5 Å². The number of allylic oxidation sites excluding steroid dienone is 1. The van der Waals surface area contributed by atoms with Gasteiger partial charge in [0.2, 0.25) is 5.91 Å². The Morgan fingerprint density at radius 1 is 1.29 bits per heavy atom. The van der Waals surface area contributed by atoms with Gasteiger partial charge in [0.05, 0.1) is 12.8 Å². The van der Waals surface area contributed by atoms with Gasteiger partial charge in [-0.05, 0) is 25.5 Å². The van der Waals surface area contributed by atoms with Crippen LogP contribution in [0.15, 0.2) is 42.0 Å². The number of thioether (sulfide) groups is 1. The lowest BCUT2D eigenvalue weighted by atomic mass is 9.89. The van der Waals surface area contributed by atoms with Crippen molar-refractivity contribution in [2.45, 2.75) is 43.8 Å². The van der Waals surface area contributed by atoms with E-state index >= 15 is 0 Å². The minimum absolute atomic E-state index is 0.0320. The van der Waals surface area contributed by atoms with Crippen LogP contribution >= 0.6 is 11.8 Å². The number of benzene rings is 1. The molecule has 0 bridgehead atoms. The minimum atomic E-state index is -1.75. The van der Waals surface area contributed by atoms with Crippen molar-refractivity contribution < 1.29 is 28.7 Å². The number of amides is 2. The highest BCUT2D eigenvalue weighted by Crippen LogP contribution is 2.51. The van der Waals surface area contributed by atoms with E-state index in [-0.39, 0.29) is 25.4 Å². The van der Waals surface area contributed by atoms with Crippen LogP contribution in [0.4, 0.5) is 0 Å². The second kappa shape index (κ2) is 8.37. The molecule has 3 aliphatic rings. The third-order valence-corrected chi connectivity index (χ3v) is 7.05. The number of hydrogen-bond donors (Lipinski definition) is 1. The number of esters is 2. The van der Waals surface area contributed by atoms with Crippen LogP contribution in [-0.4, -0.2) is 58.2 Å². The van der Waals surface area contributed by atoms with E-state index in [1.54, 1.807) is 6.08 Å². The van der Waals surface area contributed by atoms with Gasteiger partial charge in [-0.1, -0.05) is 35.9 Å². The zero-order valence-corrected chi connectivity index (χ0v) is 18.1. The molecule has 9 heteroatoms.